The quantitative estimate of drug-likeness (QED) is 0.555. The highest BCUT2D eigenvalue weighted by atomic mass is 16.3. The van der Waals surface area contributed by atoms with Crippen molar-refractivity contribution in [3.8, 4) is 0 Å². The highest BCUT2D eigenvalue weighted by molar-refractivity contribution is 6.01. The summed E-state index contributed by atoms with van der Waals surface area (Å²) in [6.07, 6.45) is 0.399. The molecule has 1 atom stereocenters. The summed E-state index contributed by atoms with van der Waals surface area (Å²) in [6.45, 7) is 4.99. The summed E-state index contributed by atoms with van der Waals surface area (Å²) in [5.74, 6) is -0.556. The second-order valence-electron chi connectivity index (χ2n) is 5.81. The average molecular weight is 335 g/mol. The molecule has 2 aromatic carbocycles. The molecule has 0 aliphatic carbocycles. The van der Waals surface area contributed by atoms with Crippen LogP contribution in [0.2, 0.25) is 0 Å². The third-order valence-corrected chi connectivity index (χ3v) is 4.33. The van der Waals surface area contributed by atoms with Crippen molar-refractivity contribution in [1.82, 2.24) is 9.99 Å². The molecule has 0 saturated carbocycles. The number of carbonyl (C=O) groups excluding carboxylic acids is 1. The van der Waals surface area contributed by atoms with Crippen molar-refractivity contribution in [2.24, 2.45) is 5.10 Å². The van der Waals surface area contributed by atoms with Crippen molar-refractivity contribution in [3.63, 3.8) is 0 Å². The molecule has 0 aliphatic rings. The molecular weight excluding hydrogens is 314 g/mol. The lowest BCUT2D eigenvalue weighted by Crippen LogP contribution is -2.25. The van der Waals surface area contributed by atoms with E-state index in [0.29, 0.717) is 5.56 Å². The molecular formula is C20H21N3O2. The van der Waals surface area contributed by atoms with E-state index in [0.717, 1.165) is 28.7 Å². The van der Waals surface area contributed by atoms with Crippen LogP contribution in [0, 0.1) is 6.92 Å². The summed E-state index contributed by atoms with van der Waals surface area (Å²) in [5.41, 5.74) is 6.15. The summed E-state index contributed by atoms with van der Waals surface area (Å²) in [5, 5.41) is 15.2. The number of nitrogens with one attached hydrogen (secondary N) is 1. The standard InChI is InChI=1S/C20H21N3O2/c1-3-23-14(2)17(16-11-7-8-12-18(16)23)13-21-22-20(25)19(24)15-9-5-4-6-10-15/h4-13,19,24H,3H2,1-2H3,(H,22,25)/b21-13-/t19-/m0/s1. The first-order chi connectivity index (χ1) is 12.1. The van der Waals surface area contributed by atoms with Crippen LogP contribution in [-0.4, -0.2) is 21.8 Å². The number of amides is 1. The Hall–Kier alpha value is -2.92. The highest BCUT2D eigenvalue weighted by Gasteiger charge is 2.16. The van der Waals surface area contributed by atoms with Crippen molar-refractivity contribution in [3.05, 3.63) is 71.4 Å². The van der Waals surface area contributed by atoms with Crippen LogP contribution in [0.5, 0.6) is 0 Å². The van der Waals surface area contributed by atoms with Gasteiger partial charge in [-0.15, -0.1) is 0 Å². The Bertz CT molecular complexity index is 913. The number of aromatic nitrogens is 1. The van der Waals surface area contributed by atoms with E-state index in [1.54, 1.807) is 30.5 Å². The van der Waals surface area contributed by atoms with Crippen LogP contribution in [0.3, 0.4) is 0 Å². The lowest BCUT2D eigenvalue weighted by atomic mass is 10.1. The van der Waals surface area contributed by atoms with Crippen molar-refractivity contribution in [2.75, 3.05) is 0 Å². The van der Waals surface area contributed by atoms with Crippen LogP contribution in [0.15, 0.2) is 59.7 Å². The topological polar surface area (TPSA) is 66.6 Å². The van der Waals surface area contributed by atoms with Crippen molar-refractivity contribution in [2.45, 2.75) is 26.5 Å². The lowest BCUT2D eigenvalue weighted by molar-refractivity contribution is -0.129. The van der Waals surface area contributed by atoms with Crippen LogP contribution >= 0.6 is 0 Å². The smallest absolute Gasteiger partial charge is 0.273 e. The number of aliphatic hydroxyl groups excluding tert-OH is 1. The molecule has 1 heterocycles. The van der Waals surface area contributed by atoms with Gasteiger partial charge in [0, 0.05) is 28.7 Å². The second-order valence-corrected chi connectivity index (χ2v) is 5.81. The molecule has 0 aliphatic heterocycles. The van der Waals surface area contributed by atoms with Crippen molar-refractivity contribution < 1.29 is 9.90 Å². The Morgan fingerprint density at radius 3 is 2.60 bits per heavy atom. The Kier molecular flexibility index (Phi) is 4.95. The molecule has 0 saturated heterocycles. The molecule has 25 heavy (non-hydrogen) atoms. The van der Waals surface area contributed by atoms with Gasteiger partial charge in [-0.2, -0.15) is 5.10 Å². The molecule has 2 N–H and O–H groups in total. The summed E-state index contributed by atoms with van der Waals surface area (Å²) in [6, 6.07) is 16.9. The Labute approximate surface area is 146 Å². The molecule has 128 valence electrons. The number of aliphatic hydroxyl groups is 1. The van der Waals surface area contributed by atoms with Gasteiger partial charge in [-0.05, 0) is 25.5 Å². The SMILES string of the molecule is CCn1c(C)c(/C=N\NC(=O)[C@@H](O)c2ccccc2)c2ccccc21. The normalized spacial score (nSPS) is 12.6. The summed E-state index contributed by atoms with van der Waals surface area (Å²) < 4.78 is 2.21. The summed E-state index contributed by atoms with van der Waals surface area (Å²) >= 11 is 0. The number of hydrogen-bond donors (Lipinski definition) is 2. The zero-order chi connectivity index (χ0) is 17.8. The number of hydrazone groups is 1. The van der Waals surface area contributed by atoms with E-state index in [-0.39, 0.29) is 0 Å². The van der Waals surface area contributed by atoms with E-state index in [9.17, 15) is 9.90 Å². The number of rotatable bonds is 5. The minimum absolute atomic E-state index is 0.536. The molecule has 0 unspecified atom stereocenters. The van der Waals surface area contributed by atoms with Crippen LogP contribution in [0.25, 0.3) is 10.9 Å². The molecule has 1 aromatic heterocycles. The number of aryl methyl sites for hydroxylation is 1. The fraction of sp³-hybridized carbons (Fsp3) is 0.200. The van der Waals surface area contributed by atoms with Crippen LogP contribution < -0.4 is 5.43 Å². The monoisotopic (exact) mass is 335 g/mol. The number of carbonyl (C=O) groups is 1. The zero-order valence-corrected chi connectivity index (χ0v) is 14.3. The van der Waals surface area contributed by atoms with Gasteiger partial charge in [-0.25, -0.2) is 5.43 Å². The molecule has 0 bridgehead atoms. The summed E-state index contributed by atoms with van der Waals surface area (Å²) in [7, 11) is 0. The maximum atomic E-state index is 12.1. The van der Waals surface area contributed by atoms with Crippen LogP contribution in [0.1, 0.15) is 29.8 Å². The van der Waals surface area contributed by atoms with E-state index in [4.69, 9.17) is 0 Å². The van der Waals surface area contributed by atoms with Gasteiger partial charge in [0.15, 0.2) is 6.10 Å². The molecule has 5 heteroatoms. The van der Waals surface area contributed by atoms with Gasteiger partial charge in [0.2, 0.25) is 0 Å². The Morgan fingerprint density at radius 1 is 1.20 bits per heavy atom. The minimum atomic E-state index is -1.24. The van der Waals surface area contributed by atoms with Gasteiger partial charge < -0.3 is 9.67 Å². The Balaban J connectivity index is 1.80. The average Bonchev–Trinajstić information content (AvgIpc) is 2.93. The van der Waals surface area contributed by atoms with E-state index < -0.39 is 12.0 Å². The molecule has 3 aromatic rings. The third-order valence-electron chi connectivity index (χ3n) is 4.33. The first-order valence-corrected chi connectivity index (χ1v) is 8.27. The predicted octanol–water partition coefficient (Wildman–Crippen LogP) is 3.15. The molecule has 0 fully saturated rings. The molecule has 0 spiro atoms. The van der Waals surface area contributed by atoms with E-state index in [2.05, 4.69) is 28.1 Å². The Morgan fingerprint density at radius 2 is 1.88 bits per heavy atom. The molecule has 3 rings (SSSR count). The predicted molar refractivity (Wildman–Crippen MR) is 99.5 cm³/mol. The number of benzene rings is 2. The van der Waals surface area contributed by atoms with Gasteiger partial charge in [0.25, 0.3) is 5.91 Å². The fourth-order valence-corrected chi connectivity index (χ4v) is 3.04. The number of fused-ring (bicyclic) bond motifs is 1. The molecule has 5 nitrogen and oxygen atoms in total. The lowest BCUT2D eigenvalue weighted by Gasteiger charge is -2.08. The first kappa shape index (κ1) is 16.9. The van der Waals surface area contributed by atoms with E-state index in [1.165, 1.54) is 0 Å². The van der Waals surface area contributed by atoms with Crippen molar-refractivity contribution >= 4 is 23.0 Å². The fourth-order valence-electron chi connectivity index (χ4n) is 3.04. The molecule has 0 radical (unpaired) electrons. The van der Waals surface area contributed by atoms with Gasteiger partial charge in [0.1, 0.15) is 0 Å². The number of para-hydroxylation sites is 1. The zero-order valence-electron chi connectivity index (χ0n) is 14.3. The minimum Gasteiger partial charge on any atom is -0.378 e. The van der Waals surface area contributed by atoms with Gasteiger partial charge >= 0.3 is 0 Å². The van der Waals surface area contributed by atoms with Crippen molar-refractivity contribution in [1.29, 1.82) is 0 Å². The van der Waals surface area contributed by atoms with E-state index in [1.807, 2.05) is 31.2 Å². The third kappa shape index (κ3) is 3.32. The second kappa shape index (κ2) is 7.32. The van der Waals surface area contributed by atoms with Gasteiger partial charge in [0.05, 0.1) is 6.21 Å². The van der Waals surface area contributed by atoms with Gasteiger partial charge in [-0.3, -0.25) is 4.79 Å². The largest absolute Gasteiger partial charge is 0.378 e. The molecule has 1 amide bonds. The highest BCUT2D eigenvalue weighted by Crippen LogP contribution is 2.24. The van der Waals surface area contributed by atoms with Crippen LogP contribution in [0.4, 0.5) is 0 Å². The number of hydrogen-bond acceptors (Lipinski definition) is 3. The first-order valence-electron chi connectivity index (χ1n) is 8.27. The van der Waals surface area contributed by atoms with E-state index >= 15 is 0 Å². The van der Waals surface area contributed by atoms with Gasteiger partial charge in [-0.1, -0.05) is 48.5 Å². The maximum absolute atomic E-state index is 12.1. The number of nitrogens with zero attached hydrogens (tertiary/aromatic N) is 2. The maximum Gasteiger partial charge on any atom is 0.273 e. The van der Waals surface area contributed by atoms with Crippen LogP contribution in [-0.2, 0) is 11.3 Å². The summed E-state index contributed by atoms with van der Waals surface area (Å²) in [4.78, 5) is 12.1.